The molecule has 0 aromatic carbocycles. The van der Waals surface area contributed by atoms with Crippen LogP contribution < -0.4 is 0 Å². The third-order valence-corrected chi connectivity index (χ3v) is 5.07. The van der Waals surface area contributed by atoms with Crippen LogP contribution in [0.3, 0.4) is 0 Å². The van der Waals surface area contributed by atoms with Gasteiger partial charge in [-0.25, -0.2) is 0 Å². The topological polar surface area (TPSA) is 62.5 Å². The maximum Gasteiger partial charge on any atom is 0.236 e. The molecule has 22 heavy (non-hydrogen) atoms. The number of hydrogen-bond donors (Lipinski definition) is 0. The Balaban J connectivity index is 1.35. The number of carbonyl (C=O) groups is 1. The lowest BCUT2D eigenvalue weighted by Gasteiger charge is -2.31. The monoisotopic (exact) mass is 304 g/mol. The highest BCUT2D eigenvalue weighted by Crippen LogP contribution is 2.39. The predicted molar refractivity (Wildman–Crippen MR) is 80.5 cm³/mol. The maximum atomic E-state index is 12.3. The van der Waals surface area contributed by atoms with Crippen LogP contribution in [0, 0.1) is 0 Å². The Morgan fingerprint density at radius 3 is 2.68 bits per heavy atom. The van der Waals surface area contributed by atoms with Crippen molar-refractivity contribution in [1.29, 1.82) is 0 Å². The molecule has 6 heteroatoms. The van der Waals surface area contributed by atoms with Crippen molar-refractivity contribution in [1.82, 2.24) is 19.9 Å². The Morgan fingerprint density at radius 2 is 1.91 bits per heavy atom. The summed E-state index contributed by atoms with van der Waals surface area (Å²) in [5, 5.41) is 4.18. The van der Waals surface area contributed by atoms with Crippen molar-refractivity contribution in [2.75, 3.05) is 32.7 Å². The number of hydrogen-bond acceptors (Lipinski definition) is 5. The van der Waals surface area contributed by atoms with Gasteiger partial charge in [-0.05, 0) is 45.1 Å². The van der Waals surface area contributed by atoms with Crippen molar-refractivity contribution in [3.05, 3.63) is 11.7 Å². The van der Waals surface area contributed by atoms with Gasteiger partial charge in [0.05, 0.1) is 6.54 Å². The summed E-state index contributed by atoms with van der Waals surface area (Å²) in [6, 6.07) is 0. The number of rotatable bonds is 4. The van der Waals surface area contributed by atoms with Gasteiger partial charge in [0.1, 0.15) is 0 Å². The summed E-state index contributed by atoms with van der Waals surface area (Å²) in [6.45, 7) is 4.30. The van der Waals surface area contributed by atoms with Crippen molar-refractivity contribution < 1.29 is 9.32 Å². The highest BCUT2D eigenvalue weighted by molar-refractivity contribution is 5.78. The van der Waals surface area contributed by atoms with E-state index in [1.807, 2.05) is 4.90 Å². The normalized spacial score (nSPS) is 26.5. The third-order valence-electron chi connectivity index (χ3n) is 5.07. The second-order valence-electron chi connectivity index (χ2n) is 6.93. The summed E-state index contributed by atoms with van der Waals surface area (Å²) < 4.78 is 5.38. The minimum atomic E-state index is 0.282. The van der Waals surface area contributed by atoms with Gasteiger partial charge in [0, 0.05) is 31.5 Å². The van der Waals surface area contributed by atoms with Gasteiger partial charge in [-0.2, -0.15) is 4.98 Å². The molecule has 3 fully saturated rings. The van der Waals surface area contributed by atoms with Gasteiger partial charge in [-0.15, -0.1) is 0 Å². The van der Waals surface area contributed by atoms with Crippen molar-refractivity contribution >= 4 is 5.91 Å². The molecule has 1 saturated carbocycles. The first-order chi connectivity index (χ1) is 10.8. The Labute approximate surface area is 130 Å². The van der Waals surface area contributed by atoms with Crippen molar-refractivity contribution in [3.63, 3.8) is 0 Å². The van der Waals surface area contributed by atoms with Crippen LogP contribution in [-0.4, -0.2) is 58.6 Å². The molecule has 1 aliphatic carbocycles. The standard InChI is InChI=1S/C16H24N4O2/c21-14(20-8-1-2-9-20)11-19-7-3-4-13(10-19)15-17-16(22-18-15)12-5-6-12/h12-13H,1-11H2. The van der Waals surface area contributed by atoms with E-state index in [9.17, 15) is 4.79 Å². The third kappa shape index (κ3) is 3.02. The minimum absolute atomic E-state index is 0.282. The molecule has 120 valence electrons. The fourth-order valence-electron chi connectivity index (χ4n) is 3.58. The predicted octanol–water partition coefficient (Wildman–Crippen LogP) is 1.75. The largest absolute Gasteiger partial charge is 0.342 e. The minimum Gasteiger partial charge on any atom is -0.342 e. The van der Waals surface area contributed by atoms with Crippen LogP contribution in [0.1, 0.15) is 62.1 Å². The molecule has 2 aliphatic heterocycles. The molecule has 3 aliphatic rings. The molecule has 0 N–H and O–H groups in total. The van der Waals surface area contributed by atoms with E-state index >= 15 is 0 Å². The zero-order valence-corrected chi connectivity index (χ0v) is 13.0. The number of carbonyl (C=O) groups excluding carboxylic acids is 1. The quantitative estimate of drug-likeness (QED) is 0.848. The van der Waals surface area contributed by atoms with E-state index in [-0.39, 0.29) is 5.91 Å². The van der Waals surface area contributed by atoms with Gasteiger partial charge in [-0.3, -0.25) is 9.69 Å². The summed E-state index contributed by atoms with van der Waals surface area (Å²) in [4.78, 5) is 21.1. The lowest BCUT2D eigenvalue weighted by atomic mass is 9.97. The smallest absolute Gasteiger partial charge is 0.236 e. The summed E-state index contributed by atoms with van der Waals surface area (Å²) in [5.74, 6) is 2.78. The zero-order valence-electron chi connectivity index (χ0n) is 13.0. The van der Waals surface area contributed by atoms with Crippen LogP contribution in [0.15, 0.2) is 4.52 Å². The average molecular weight is 304 g/mol. The molecule has 1 amide bonds. The Hall–Kier alpha value is -1.43. The molecule has 1 aromatic rings. The van der Waals surface area contributed by atoms with E-state index < -0.39 is 0 Å². The highest BCUT2D eigenvalue weighted by Gasteiger charge is 2.32. The molecule has 1 unspecified atom stereocenters. The molecule has 6 nitrogen and oxygen atoms in total. The van der Waals surface area contributed by atoms with Gasteiger partial charge in [0.2, 0.25) is 11.8 Å². The van der Waals surface area contributed by atoms with Crippen LogP contribution >= 0.6 is 0 Å². The van der Waals surface area contributed by atoms with Crippen molar-refractivity contribution in [2.24, 2.45) is 0 Å². The molecule has 2 saturated heterocycles. The highest BCUT2D eigenvalue weighted by atomic mass is 16.5. The van der Waals surface area contributed by atoms with Gasteiger partial charge < -0.3 is 9.42 Å². The molecule has 3 heterocycles. The van der Waals surface area contributed by atoms with Crippen LogP contribution in [0.4, 0.5) is 0 Å². The van der Waals surface area contributed by atoms with E-state index in [1.165, 1.54) is 12.8 Å². The summed E-state index contributed by atoms with van der Waals surface area (Å²) in [5.41, 5.74) is 0. The van der Waals surface area contributed by atoms with Crippen molar-refractivity contribution in [2.45, 2.75) is 50.4 Å². The summed E-state index contributed by atoms with van der Waals surface area (Å²) in [7, 11) is 0. The Kier molecular flexibility index (Phi) is 3.86. The number of likely N-dealkylation sites (tertiary alicyclic amines) is 2. The van der Waals surface area contributed by atoms with Gasteiger partial charge in [-0.1, -0.05) is 5.16 Å². The van der Waals surface area contributed by atoms with Crippen LogP contribution in [-0.2, 0) is 4.79 Å². The molecular formula is C16H24N4O2. The molecule has 1 aromatic heterocycles. The van der Waals surface area contributed by atoms with Crippen LogP contribution in [0.25, 0.3) is 0 Å². The molecule has 0 bridgehead atoms. The van der Waals surface area contributed by atoms with Crippen LogP contribution in [0.5, 0.6) is 0 Å². The maximum absolute atomic E-state index is 12.3. The Morgan fingerprint density at radius 1 is 1.09 bits per heavy atom. The average Bonchev–Trinajstić information content (AvgIpc) is 3.06. The first kappa shape index (κ1) is 14.2. The van der Waals surface area contributed by atoms with E-state index in [2.05, 4.69) is 15.0 Å². The number of piperidine rings is 1. The molecule has 0 spiro atoms. The van der Waals surface area contributed by atoms with E-state index in [0.29, 0.717) is 18.4 Å². The van der Waals surface area contributed by atoms with E-state index in [4.69, 9.17) is 4.52 Å². The Bertz CT molecular complexity index is 534. The second-order valence-corrected chi connectivity index (χ2v) is 6.93. The first-order valence-electron chi connectivity index (χ1n) is 8.63. The molecule has 1 atom stereocenters. The number of nitrogens with zero attached hydrogens (tertiary/aromatic N) is 4. The molecular weight excluding hydrogens is 280 g/mol. The van der Waals surface area contributed by atoms with Crippen molar-refractivity contribution in [3.8, 4) is 0 Å². The lowest BCUT2D eigenvalue weighted by Crippen LogP contribution is -2.43. The summed E-state index contributed by atoms with van der Waals surface area (Å²) in [6.07, 6.45) is 6.87. The van der Waals surface area contributed by atoms with Gasteiger partial charge in [0.25, 0.3) is 0 Å². The van der Waals surface area contributed by atoms with E-state index in [1.54, 1.807) is 0 Å². The fourth-order valence-corrected chi connectivity index (χ4v) is 3.58. The summed E-state index contributed by atoms with van der Waals surface area (Å²) >= 11 is 0. The van der Waals surface area contributed by atoms with E-state index in [0.717, 1.165) is 63.6 Å². The fraction of sp³-hybridized carbons (Fsp3) is 0.812. The van der Waals surface area contributed by atoms with Gasteiger partial charge in [0.15, 0.2) is 5.82 Å². The SMILES string of the molecule is O=C(CN1CCCC(c2noc(C3CC3)n2)C1)N1CCCC1. The number of aromatic nitrogens is 2. The first-order valence-corrected chi connectivity index (χ1v) is 8.63. The van der Waals surface area contributed by atoms with Crippen LogP contribution in [0.2, 0.25) is 0 Å². The second kappa shape index (κ2) is 5.99. The number of amides is 1. The molecule has 0 radical (unpaired) electrons. The molecule has 4 rings (SSSR count). The van der Waals surface area contributed by atoms with Gasteiger partial charge >= 0.3 is 0 Å². The zero-order chi connectivity index (χ0) is 14.9. The lowest BCUT2D eigenvalue weighted by molar-refractivity contribution is -0.131.